The lowest BCUT2D eigenvalue weighted by molar-refractivity contribution is 0.270. The van der Waals surface area contributed by atoms with Crippen molar-refractivity contribution >= 4 is 0 Å². The Bertz CT molecular complexity index is 177. The highest BCUT2D eigenvalue weighted by Gasteiger charge is 2.02. The number of nitrogens with one attached hydrogen (secondary N) is 2. The van der Waals surface area contributed by atoms with E-state index in [1.165, 1.54) is 65.0 Å². The molecule has 0 saturated heterocycles. The Balaban J connectivity index is 3.44. The standard InChI is InChI=1S/C18H42N4/c1-5-13-21(14-6-2)17-11-19-9-10-20-12-18-22(15-7-3)16-8-4/h19-20H,5-18H2,1-4H3. The van der Waals surface area contributed by atoms with E-state index in [9.17, 15) is 0 Å². The second-order valence-corrected chi connectivity index (χ2v) is 6.18. The first-order chi connectivity index (χ1) is 10.8. The molecule has 0 aliphatic carbocycles. The van der Waals surface area contributed by atoms with E-state index in [0.717, 1.165) is 26.2 Å². The minimum Gasteiger partial charge on any atom is -0.314 e. The molecule has 0 amide bonds. The van der Waals surface area contributed by atoms with Gasteiger partial charge in [0.1, 0.15) is 0 Å². The molecule has 0 aliphatic heterocycles. The highest BCUT2D eigenvalue weighted by molar-refractivity contribution is 4.61. The predicted octanol–water partition coefficient (Wildman–Crippen LogP) is 2.41. The SMILES string of the molecule is CCCN(CCC)CCNCCNCCN(CCC)CCC. The highest BCUT2D eigenvalue weighted by atomic mass is 15.1. The van der Waals surface area contributed by atoms with Gasteiger partial charge in [-0.05, 0) is 51.9 Å². The van der Waals surface area contributed by atoms with Gasteiger partial charge in [-0.1, -0.05) is 27.7 Å². The van der Waals surface area contributed by atoms with Crippen LogP contribution in [0, 0.1) is 0 Å². The van der Waals surface area contributed by atoms with Crippen molar-refractivity contribution in [2.75, 3.05) is 65.4 Å². The topological polar surface area (TPSA) is 30.5 Å². The second kappa shape index (κ2) is 17.2. The fourth-order valence-electron chi connectivity index (χ4n) is 2.84. The van der Waals surface area contributed by atoms with Crippen molar-refractivity contribution in [1.82, 2.24) is 20.4 Å². The van der Waals surface area contributed by atoms with Crippen LogP contribution >= 0.6 is 0 Å². The Kier molecular flexibility index (Phi) is 17.1. The molecule has 0 aromatic heterocycles. The Labute approximate surface area is 140 Å². The lowest BCUT2D eigenvalue weighted by Gasteiger charge is -2.21. The van der Waals surface area contributed by atoms with Crippen LogP contribution in [-0.2, 0) is 0 Å². The monoisotopic (exact) mass is 314 g/mol. The summed E-state index contributed by atoms with van der Waals surface area (Å²) in [5.41, 5.74) is 0. The van der Waals surface area contributed by atoms with Gasteiger partial charge in [-0.25, -0.2) is 0 Å². The zero-order chi connectivity index (χ0) is 16.5. The van der Waals surface area contributed by atoms with E-state index in [2.05, 4.69) is 48.1 Å². The lowest BCUT2D eigenvalue weighted by Crippen LogP contribution is -2.38. The lowest BCUT2D eigenvalue weighted by atomic mass is 10.3. The summed E-state index contributed by atoms with van der Waals surface area (Å²) in [7, 11) is 0. The van der Waals surface area contributed by atoms with Crippen molar-refractivity contribution in [1.29, 1.82) is 0 Å². The van der Waals surface area contributed by atoms with Gasteiger partial charge in [-0.15, -0.1) is 0 Å². The minimum absolute atomic E-state index is 1.08. The summed E-state index contributed by atoms with van der Waals surface area (Å²) in [6.07, 6.45) is 5.03. The van der Waals surface area contributed by atoms with E-state index in [4.69, 9.17) is 0 Å². The second-order valence-electron chi connectivity index (χ2n) is 6.18. The molecule has 0 saturated carbocycles. The molecule has 0 heterocycles. The molecule has 134 valence electrons. The molecule has 0 fully saturated rings. The van der Waals surface area contributed by atoms with E-state index in [1.807, 2.05) is 0 Å². The summed E-state index contributed by atoms with van der Waals surface area (Å²) in [5, 5.41) is 7.11. The Hall–Kier alpha value is -0.160. The first-order valence-corrected chi connectivity index (χ1v) is 9.64. The molecule has 0 rings (SSSR count). The van der Waals surface area contributed by atoms with Crippen molar-refractivity contribution in [3.05, 3.63) is 0 Å². The largest absolute Gasteiger partial charge is 0.314 e. The van der Waals surface area contributed by atoms with Gasteiger partial charge in [0.05, 0.1) is 0 Å². The molecule has 22 heavy (non-hydrogen) atoms. The minimum atomic E-state index is 1.08. The molecule has 4 heteroatoms. The molecular formula is C18H42N4. The first kappa shape index (κ1) is 21.8. The fourth-order valence-corrected chi connectivity index (χ4v) is 2.84. The summed E-state index contributed by atoms with van der Waals surface area (Å²) < 4.78 is 0. The van der Waals surface area contributed by atoms with Crippen LogP contribution in [0.5, 0.6) is 0 Å². The third-order valence-electron chi connectivity index (χ3n) is 3.85. The Morgan fingerprint density at radius 3 is 1.05 bits per heavy atom. The predicted molar refractivity (Wildman–Crippen MR) is 99.8 cm³/mol. The van der Waals surface area contributed by atoms with Gasteiger partial charge in [-0.2, -0.15) is 0 Å². The van der Waals surface area contributed by atoms with Crippen LogP contribution in [0.1, 0.15) is 53.4 Å². The van der Waals surface area contributed by atoms with Gasteiger partial charge in [-0.3, -0.25) is 0 Å². The van der Waals surface area contributed by atoms with Gasteiger partial charge in [0.2, 0.25) is 0 Å². The van der Waals surface area contributed by atoms with E-state index < -0.39 is 0 Å². The molecule has 0 spiro atoms. The smallest absolute Gasteiger partial charge is 0.0107 e. The summed E-state index contributed by atoms with van der Waals surface area (Å²) in [6.45, 7) is 20.7. The number of nitrogens with zero attached hydrogens (tertiary/aromatic N) is 2. The Morgan fingerprint density at radius 1 is 0.455 bits per heavy atom. The van der Waals surface area contributed by atoms with E-state index in [1.54, 1.807) is 0 Å². The molecule has 0 aromatic rings. The number of rotatable bonds is 17. The van der Waals surface area contributed by atoms with Crippen LogP contribution in [0.25, 0.3) is 0 Å². The fraction of sp³-hybridized carbons (Fsp3) is 1.00. The summed E-state index contributed by atoms with van der Waals surface area (Å²) in [5.74, 6) is 0. The van der Waals surface area contributed by atoms with Crippen molar-refractivity contribution < 1.29 is 0 Å². The number of hydrogen-bond acceptors (Lipinski definition) is 4. The van der Waals surface area contributed by atoms with Gasteiger partial charge >= 0.3 is 0 Å². The zero-order valence-corrected chi connectivity index (χ0v) is 15.8. The third kappa shape index (κ3) is 13.5. The summed E-state index contributed by atoms with van der Waals surface area (Å²) in [4.78, 5) is 5.13. The molecule has 0 atom stereocenters. The molecule has 0 unspecified atom stereocenters. The maximum Gasteiger partial charge on any atom is 0.0107 e. The maximum absolute atomic E-state index is 3.55. The molecule has 0 aromatic carbocycles. The van der Waals surface area contributed by atoms with Crippen LogP contribution < -0.4 is 10.6 Å². The van der Waals surface area contributed by atoms with Crippen LogP contribution in [0.15, 0.2) is 0 Å². The van der Waals surface area contributed by atoms with Gasteiger partial charge in [0, 0.05) is 39.3 Å². The quantitative estimate of drug-likeness (QED) is 0.404. The van der Waals surface area contributed by atoms with E-state index >= 15 is 0 Å². The Morgan fingerprint density at radius 2 is 0.773 bits per heavy atom. The van der Waals surface area contributed by atoms with Gasteiger partial charge in [0.25, 0.3) is 0 Å². The van der Waals surface area contributed by atoms with Crippen LogP contribution in [-0.4, -0.2) is 75.2 Å². The third-order valence-corrected chi connectivity index (χ3v) is 3.85. The first-order valence-electron chi connectivity index (χ1n) is 9.64. The van der Waals surface area contributed by atoms with Crippen molar-refractivity contribution in [3.8, 4) is 0 Å². The van der Waals surface area contributed by atoms with Crippen molar-refractivity contribution in [2.24, 2.45) is 0 Å². The van der Waals surface area contributed by atoms with Crippen molar-refractivity contribution in [3.63, 3.8) is 0 Å². The summed E-state index contributed by atoms with van der Waals surface area (Å²) in [6, 6.07) is 0. The van der Waals surface area contributed by atoms with Crippen LogP contribution in [0.2, 0.25) is 0 Å². The van der Waals surface area contributed by atoms with E-state index in [0.29, 0.717) is 0 Å². The molecule has 0 radical (unpaired) electrons. The molecule has 0 aliphatic rings. The average Bonchev–Trinajstić information content (AvgIpc) is 2.50. The molecule has 2 N–H and O–H groups in total. The summed E-state index contributed by atoms with van der Waals surface area (Å²) >= 11 is 0. The zero-order valence-electron chi connectivity index (χ0n) is 15.8. The molecule has 4 nitrogen and oxygen atoms in total. The van der Waals surface area contributed by atoms with Crippen LogP contribution in [0.4, 0.5) is 0 Å². The van der Waals surface area contributed by atoms with Crippen LogP contribution in [0.3, 0.4) is 0 Å². The normalized spacial score (nSPS) is 11.7. The number of hydrogen-bond donors (Lipinski definition) is 2. The average molecular weight is 315 g/mol. The molecular weight excluding hydrogens is 272 g/mol. The molecule has 0 bridgehead atoms. The van der Waals surface area contributed by atoms with Gasteiger partial charge in [0.15, 0.2) is 0 Å². The van der Waals surface area contributed by atoms with Gasteiger partial charge < -0.3 is 20.4 Å². The maximum atomic E-state index is 3.55. The van der Waals surface area contributed by atoms with E-state index in [-0.39, 0.29) is 0 Å². The van der Waals surface area contributed by atoms with Crippen molar-refractivity contribution in [2.45, 2.75) is 53.4 Å². The highest BCUT2D eigenvalue weighted by Crippen LogP contribution is 1.93.